The molecule has 3 aromatic rings. The number of methoxy groups -OCH3 is 1. The van der Waals surface area contributed by atoms with E-state index in [9.17, 15) is 9.90 Å². The highest BCUT2D eigenvalue weighted by molar-refractivity contribution is 6.14. The summed E-state index contributed by atoms with van der Waals surface area (Å²) in [6.45, 7) is 0. The molecule has 0 atom stereocenters. The van der Waals surface area contributed by atoms with Crippen LogP contribution in [0, 0.1) is 11.3 Å². The van der Waals surface area contributed by atoms with Crippen molar-refractivity contribution in [1.82, 2.24) is 9.97 Å². The van der Waals surface area contributed by atoms with Crippen LogP contribution in [0.5, 0.6) is 23.3 Å². The Hall–Kier alpha value is -4.38. The first kappa shape index (κ1) is 19.4. The fraction of sp³-hybridized carbons (Fsp3) is 0.0476. The van der Waals surface area contributed by atoms with Gasteiger partial charge in [-0.05, 0) is 18.2 Å². The van der Waals surface area contributed by atoms with E-state index in [1.807, 2.05) is 6.07 Å². The monoisotopic (exact) mass is 388 g/mol. The summed E-state index contributed by atoms with van der Waals surface area (Å²) >= 11 is 0. The molecular formula is C21H14N3O5-. The quantitative estimate of drug-likeness (QED) is 0.448. The summed E-state index contributed by atoms with van der Waals surface area (Å²) in [5.41, 5.74) is 0.420. The molecule has 8 nitrogen and oxygen atoms in total. The highest BCUT2D eigenvalue weighted by Gasteiger charge is 2.13. The maximum atomic E-state index is 11.4. The molecule has 0 saturated heterocycles. The molecule has 0 fully saturated rings. The Balaban J connectivity index is 1.89. The van der Waals surface area contributed by atoms with E-state index < -0.39 is 5.97 Å². The topological polar surface area (TPSA) is 117 Å². The number of ether oxygens (including phenoxy) is 3. The maximum absolute atomic E-state index is 11.4. The fourth-order valence-corrected chi connectivity index (χ4v) is 2.43. The Morgan fingerprint density at radius 3 is 2.31 bits per heavy atom. The highest BCUT2D eigenvalue weighted by Crippen LogP contribution is 2.31. The molecule has 0 N–H and O–H groups in total. The SMILES string of the molecule is CO/C=C(\C(=O)[O-])c1ccccc1Oc1cc(Oc2ccccc2C#N)ncn1. The zero-order valence-corrected chi connectivity index (χ0v) is 15.2. The number of nitrogens with zero attached hydrogens (tertiary/aromatic N) is 3. The lowest BCUT2D eigenvalue weighted by Crippen LogP contribution is -2.24. The van der Waals surface area contributed by atoms with E-state index in [2.05, 4.69) is 9.97 Å². The third-order valence-corrected chi connectivity index (χ3v) is 3.69. The van der Waals surface area contributed by atoms with Gasteiger partial charge in [-0.3, -0.25) is 0 Å². The van der Waals surface area contributed by atoms with E-state index in [1.54, 1.807) is 48.5 Å². The van der Waals surface area contributed by atoms with Crippen LogP contribution >= 0.6 is 0 Å². The van der Waals surface area contributed by atoms with Crippen molar-refractivity contribution in [2.45, 2.75) is 0 Å². The van der Waals surface area contributed by atoms with Gasteiger partial charge in [-0.2, -0.15) is 5.26 Å². The second-order valence-corrected chi connectivity index (χ2v) is 5.56. The number of para-hydroxylation sites is 2. The molecule has 29 heavy (non-hydrogen) atoms. The summed E-state index contributed by atoms with van der Waals surface area (Å²) in [5.74, 6) is -0.582. The van der Waals surface area contributed by atoms with Gasteiger partial charge in [0.1, 0.15) is 23.9 Å². The molecule has 0 aliphatic heterocycles. The molecule has 3 rings (SSSR count). The van der Waals surface area contributed by atoms with Gasteiger partial charge in [0.2, 0.25) is 11.8 Å². The van der Waals surface area contributed by atoms with Gasteiger partial charge >= 0.3 is 0 Å². The first-order chi connectivity index (χ1) is 14.1. The van der Waals surface area contributed by atoms with Crippen LogP contribution in [0.15, 0.2) is 67.2 Å². The molecule has 0 unspecified atom stereocenters. The van der Waals surface area contributed by atoms with E-state index in [-0.39, 0.29) is 28.6 Å². The van der Waals surface area contributed by atoms with Crippen molar-refractivity contribution in [2.24, 2.45) is 0 Å². The van der Waals surface area contributed by atoms with Gasteiger partial charge in [0.15, 0.2) is 0 Å². The second-order valence-electron chi connectivity index (χ2n) is 5.56. The lowest BCUT2D eigenvalue weighted by atomic mass is 10.1. The minimum absolute atomic E-state index is 0.118. The van der Waals surface area contributed by atoms with E-state index >= 15 is 0 Å². The van der Waals surface area contributed by atoms with Gasteiger partial charge in [-0.25, -0.2) is 9.97 Å². The van der Waals surface area contributed by atoms with Crippen molar-refractivity contribution < 1.29 is 24.1 Å². The lowest BCUT2D eigenvalue weighted by molar-refractivity contribution is -0.295. The van der Waals surface area contributed by atoms with E-state index in [0.717, 1.165) is 6.26 Å². The predicted octanol–water partition coefficient (Wildman–Crippen LogP) is 2.67. The summed E-state index contributed by atoms with van der Waals surface area (Å²) in [7, 11) is 1.33. The number of nitriles is 1. The number of carbonyl (C=O) groups excluding carboxylic acids is 1. The number of carbonyl (C=O) groups is 1. The Labute approximate surface area is 166 Å². The van der Waals surface area contributed by atoms with Gasteiger partial charge in [0, 0.05) is 11.1 Å². The van der Waals surface area contributed by atoms with Gasteiger partial charge in [-0.1, -0.05) is 30.3 Å². The van der Waals surface area contributed by atoms with Crippen LogP contribution in [0.25, 0.3) is 5.57 Å². The number of aromatic nitrogens is 2. The number of carboxylic acid groups (broad SMARTS) is 1. The molecule has 0 aliphatic carbocycles. The summed E-state index contributed by atoms with van der Waals surface area (Å²) in [5, 5.41) is 20.6. The van der Waals surface area contributed by atoms with Crippen LogP contribution in [-0.2, 0) is 9.53 Å². The van der Waals surface area contributed by atoms with Crippen molar-refractivity contribution in [3.63, 3.8) is 0 Å². The number of benzene rings is 2. The van der Waals surface area contributed by atoms with Crippen molar-refractivity contribution in [2.75, 3.05) is 7.11 Å². The number of carboxylic acids is 1. The molecular weight excluding hydrogens is 374 g/mol. The molecule has 144 valence electrons. The van der Waals surface area contributed by atoms with Gasteiger partial charge in [0.25, 0.3) is 0 Å². The molecule has 0 radical (unpaired) electrons. The molecule has 0 aliphatic rings. The molecule has 0 saturated carbocycles. The second kappa shape index (κ2) is 9.01. The summed E-state index contributed by atoms with van der Waals surface area (Å²) < 4.78 is 16.2. The third kappa shape index (κ3) is 4.67. The van der Waals surface area contributed by atoms with Crippen molar-refractivity contribution in [1.29, 1.82) is 5.26 Å². The minimum atomic E-state index is -1.41. The van der Waals surface area contributed by atoms with Crippen LogP contribution < -0.4 is 14.6 Å². The van der Waals surface area contributed by atoms with Crippen LogP contribution in [-0.4, -0.2) is 23.0 Å². The normalized spacial score (nSPS) is 10.7. The number of hydrogen-bond acceptors (Lipinski definition) is 8. The van der Waals surface area contributed by atoms with Gasteiger partial charge < -0.3 is 24.1 Å². The number of rotatable bonds is 7. The molecule has 0 amide bonds. The van der Waals surface area contributed by atoms with Crippen LogP contribution in [0.1, 0.15) is 11.1 Å². The minimum Gasteiger partial charge on any atom is -0.545 e. The standard InChI is InChI=1S/C21H15N3O5/c1-27-12-16(21(25)26)15-7-3-5-9-18(15)29-20-10-19(23-13-24-20)28-17-8-4-2-6-14(17)11-22/h2-10,12-13H,1H3,(H,25,26)/p-1/b16-12-. The zero-order chi connectivity index (χ0) is 20.6. The Morgan fingerprint density at radius 1 is 1.03 bits per heavy atom. The maximum Gasteiger partial charge on any atom is 0.226 e. The van der Waals surface area contributed by atoms with E-state index in [1.165, 1.54) is 19.5 Å². The van der Waals surface area contributed by atoms with Crippen LogP contribution in [0.2, 0.25) is 0 Å². The van der Waals surface area contributed by atoms with Gasteiger partial charge in [-0.15, -0.1) is 0 Å². The van der Waals surface area contributed by atoms with E-state index in [0.29, 0.717) is 11.3 Å². The first-order valence-corrected chi connectivity index (χ1v) is 8.33. The van der Waals surface area contributed by atoms with Crippen molar-refractivity contribution in [3.8, 4) is 29.3 Å². The van der Waals surface area contributed by atoms with Gasteiger partial charge in [0.05, 0.1) is 31.0 Å². The average Bonchev–Trinajstić information content (AvgIpc) is 2.73. The predicted molar refractivity (Wildman–Crippen MR) is 99.8 cm³/mol. The van der Waals surface area contributed by atoms with E-state index in [4.69, 9.17) is 19.5 Å². The van der Waals surface area contributed by atoms with Crippen molar-refractivity contribution >= 4 is 11.5 Å². The first-order valence-electron chi connectivity index (χ1n) is 8.33. The summed E-state index contributed by atoms with van der Waals surface area (Å²) in [4.78, 5) is 19.5. The molecule has 1 aromatic heterocycles. The fourth-order valence-electron chi connectivity index (χ4n) is 2.43. The Kier molecular flexibility index (Phi) is 6.02. The smallest absolute Gasteiger partial charge is 0.226 e. The molecule has 0 bridgehead atoms. The molecule has 0 spiro atoms. The highest BCUT2D eigenvalue weighted by atomic mass is 16.5. The largest absolute Gasteiger partial charge is 0.545 e. The molecule has 2 aromatic carbocycles. The number of hydrogen-bond donors (Lipinski definition) is 0. The molecule has 1 heterocycles. The lowest BCUT2D eigenvalue weighted by Gasteiger charge is -2.14. The average molecular weight is 388 g/mol. The molecule has 8 heteroatoms. The Morgan fingerprint density at radius 2 is 1.66 bits per heavy atom. The third-order valence-electron chi connectivity index (χ3n) is 3.69. The van der Waals surface area contributed by atoms with Crippen LogP contribution in [0.3, 0.4) is 0 Å². The Bertz CT molecular complexity index is 1110. The van der Waals surface area contributed by atoms with Crippen LogP contribution in [0.4, 0.5) is 0 Å². The zero-order valence-electron chi connectivity index (χ0n) is 15.2. The summed E-state index contributed by atoms with van der Waals surface area (Å²) in [6.07, 6.45) is 2.29. The number of aliphatic carboxylic acids is 1. The van der Waals surface area contributed by atoms with Crippen molar-refractivity contribution in [3.05, 3.63) is 78.3 Å². The summed E-state index contributed by atoms with van der Waals surface area (Å²) in [6, 6.07) is 16.6.